The SMILES string of the molecule is O=C1c2c(Cl)cccc2CC1O. The molecule has 0 bridgehead atoms. The van der Waals surface area contributed by atoms with E-state index in [0.717, 1.165) is 5.56 Å². The van der Waals surface area contributed by atoms with Crippen LogP contribution in [0.2, 0.25) is 5.02 Å². The Morgan fingerprint density at radius 3 is 2.92 bits per heavy atom. The third kappa shape index (κ3) is 0.958. The molecule has 1 N–H and O–H groups in total. The Hall–Kier alpha value is -0.860. The molecule has 1 atom stereocenters. The van der Waals surface area contributed by atoms with Crippen molar-refractivity contribution in [2.75, 3.05) is 0 Å². The van der Waals surface area contributed by atoms with Crippen LogP contribution in [0.15, 0.2) is 18.2 Å². The average molecular weight is 183 g/mol. The molecule has 12 heavy (non-hydrogen) atoms. The molecule has 0 amide bonds. The Kier molecular flexibility index (Phi) is 1.67. The molecule has 1 aromatic carbocycles. The number of halogens is 1. The lowest BCUT2D eigenvalue weighted by Crippen LogP contribution is -2.14. The largest absolute Gasteiger partial charge is 0.385 e. The van der Waals surface area contributed by atoms with Crippen LogP contribution in [0.5, 0.6) is 0 Å². The molecule has 0 saturated carbocycles. The molecular weight excluding hydrogens is 176 g/mol. The third-order valence-electron chi connectivity index (χ3n) is 2.06. The van der Waals surface area contributed by atoms with E-state index in [1.165, 1.54) is 0 Å². The molecule has 2 rings (SSSR count). The number of hydrogen-bond acceptors (Lipinski definition) is 2. The summed E-state index contributed by atoms with van der Waals surface area (Å²) in [5.41, 5.74) is 1.34. The van der Waals surface area contributed by atoms with Crippen LogP contribution in [0.4, 0.5) is 0 Å². The fourth-order valence-electron chi connectivity index (χ4n) is 1.48. The number of benzene rings is 1. The van der Waals surface area contributed by atoms with Crippen molar-refractivity contribution in [3.05, 3.63) is 34.3 Å². The van der Waals surface area contributed by atoms with E-state index in [1.54, 1.807) is 12.1 Å². The Labute approximate surface area is 74.8 Å². The minimum absolute atomic E-state index is 0.254. The number of fused-ring (bicyclic) bond motifs is 1. The topological polar surface area (TPSA) is 37.3 Å². The number of carbonyl (C=O) groups is 1. The van der Waals surface area contributed by atoms with Crippen molar-refractivity contribution in [2.24, 2.45) is 0 Å². The van der Waals surface area contributed by atoms with Crippen molar-refractivity contribution in [3.63, 3.8) is 0 Å². The van der Waals surface area contributed by atoms with Crippen LogP contribution >= 0.6 is 11.6 Å². The van der Waals surface area contributed by atoms with Gasteiger partial charge in [0.25, 0.3) is 0 Å². The fraction of sp³-hybridized carbons (Fsp3) is 0.222. The highest BCUT2D eigenvalue weighted by Gasteiger charge is 2.30. The first-order chi connectivity index (χ1) is 5.70. The molecule has 2 nitrogen and oxygen atoms in total. The van der Waals surface area contributed by atoms with Crippen molar-refractivity contribution in [1.29, 1.82) is 0 Å². The first-order valence-electron chi connectivity index (χ1n) is 3.70. The van der Waals surface area contributed by atoms with Gasteiger partial charge in [-0.2, -0.15) is 0 Å². The van der Waals surface area contributed by atoms with Crippen LogP contribution in [0.3, 0.4) is 0 Å². The van der Waals surface area contributed by atoms with Gasteiger partial charge in [-0.05, 0) is 11.6 Å². The molecule has 62 valence electrons. The summed E-state index contributed by atoms with van der Waals surface area (Å²) in [7, 11) is 0. The van der Waals surface area contributed by atoms with Gasteiger partial charge in [0, 0.05) is 12.0 Å². The third-order valence-corrected chi connectivity index (χ3v) is 2.38. The summed E-state index contributed by atoms with van der Waals surface area (Å²) in [5.74, 6) is -0.254. The van der Waals surface area contributed by atoms with Crippen LogP contribution in [0.1, 0.15) is 15.9 Å². The zero-order valence-corrected chi connectivity index (χ0v) is 7.01. The molecule has 0 spiro atoms. The van der Waals surface area contributed by atoms with Crippen molar-refractivity contribution < 1.29 is 9.90 Å². The Balaban J connectivity index is 2.62. The zero-order chi connectivity index (χ0) is 8.72. The van der Waals surface area contributed by atoms with Crippen LogP contribution in [0.25, 0.3) is 0 Å². The summed E-state index contributed by atoms with van der Waals surface area (Å²) in [6.45, 7) is 0. The lowest BCUT2D eigenvalue weighted by molar-refractivity contribution is 0.0780. The highest BCUT2D eigenvalue weighted by atomic mass is 35.5. The molecular formula is C9H7ClO2. The van der Waals surface area contributed by atoms with Crippen molar-refractivity contribution in [1.82, 2.24) is 0 Å². The van der Waals surface area contributed by atoms with E-state index in [4.69, 9.17) is 11.6 Å². The van der Waals surface area contributed by atoms with Gasteiger partial charge in [-0.1, -0.05) is 23.7 Å². The highest BCUT2D eigenvalue weighted by molar-refractivity contribution is 6.34. The van der Waals surface area contributed by atoms with Gasteiger partial charge in [0.15, 0.2) is 5.78 Å². The standard InChI is InChI=1S/C9H7ClO2/c10-6-3-1-2-5-4-7(11)9(12)8(5)6/h1-3,7,11H,4H2. The van der Waals surface area contributed by atoms with Gasteiger partial charge in [-0.25, -0.2) is 0 Å². The number of rotatable bonds is 0. The van der Waals surface area contributed by atoms with E-state index in [0.29, 0.717) is 17.0 Å². The summed E-state index contributed by atoms with van der Waals surface area (Å²) >= 11 is 5.80. The van der Waals surface area contributed by atoms with E-state index in [1.807, 2.05) is 6.07 Å². The summed E-state index contributed by atoms with van der Waals surface area (Å²) in [6, 6.07) is 5.26. The number of Topliss-reactive ketones (excluding diaryl/α,β-unsaturated/α-hetero) is 1. The van der Waals surface area contributed by atoms with Gasteiger partial charge in [0.2, 0.25) is 0 Å². The molecule has 0 heterocycles. The first-order valence-corrected chi connectivity index (χ1v) is 4.07. The van der Waals surface area contributed by atoms with Gasteiger partial charge >= 0.3 is 0 Å². The van der Waals surface area contributed by atoms with E-state index < -0.39 is 6.10 Å². The maximum absolute atomic E-state index is 11.3. The van der Waals surface area contributed by atoms with Crippen molar-refractivity contribution in [3.8, 4) is 0 Å². The van der Waals surface area contributed by atoms with Gasteiger partial charge in [-0.15, -0.1) is 0 Å². The number of ketones is 1. The lowest BCUT2D eigenvalue weighted by Gasteiger charge is -1.97. The number of aliphatic hydroxyl groups is 1. The Morgan fingerprint density at radius 2 is 2.25 bits per heavy atom. The Morgan fingerprint density at radius 1 is 1.50 bits per heavy atom. The monoisotopic (exact) mass is 182 g/mol. The maximum atomic E-state index is 11.3. The minimum atomic E-state index is -0.889. The molecule has 3 heteroatoms. The second-order valence-corrected chi connectivity index (χ2v) is 3.27. The lowest BCUT2D eigenvalue weighted by atomic mass is 10.1. The molecule has 0 fully saturated rings. The summed E-state index contributed by atoms with van der Waals surface area (Å²) in [5, 5.41) is 9.67. The van der Waals surface area contributed by atoms with E-state index >= 15 is 0 Å². The Bertz CT molecular complexity index is 346. The molecule has 0 aliphatic heterocycles. The highest BCUT2D eigenvalue weighted by Crippen LogP contribution is 2.28. The van der Waals surface area contributed by atoms with Crippen LogP contribution < -0.4 is 0 Å². The predicted molar refractivity (Wildman–Crippen MR) is 45.5 cm³/mol. The second kappa shape index (κ2) is 2.57. The van der Waals surface area contributed by atoms with Gasteiger partial charge in [0.05, 0.1) is 5.02 Å². The van der Waals surface area contributed by atoms with Gasteiger partial charge in [-0.3, -0.25) is 4.79 Å². The average Bonchev–Trinajstić information content (AvgIpc) is 2.29. The van der Waals surface area contributed by atoms with E-state index in [-0.39, 0.29) is 5.78 Å². The van der Waals surface area contributed by atoms with Gasteiger partial charge in [0.1, 0.15) is 6.10 Å². The number of carbonyl (C=O) groups excluding carboxylic acids is 1. The summed E-state index contributed by atoms with van der Waals surface area (Å²) in [4.78, 5) is 11.3. The molecule has 1 aromatic rings. The van der Waals surface area contributed by atoms with Crippen LogP contribution in [0, 0.1) is 0 Å². The van der Waals surface area contributed by atoms with Crippen LogP contribution in [-0.4, -0.2) is 17.0 Å². The van der Waals surface area contributed by atoms with Crippen molar-refractivity contribution >= 4 is 17.4 Å². The second-order valence-electron chi connectivity index (χ2n) is 2.86. The summed E-state index contributed by atoms with van der Waals surface area (Å²) < 4.78 is 0. The summed E-state index contributed by atoms with van der Waals surface area (Å²) in [6.07, 6.45) is -0.491. The molecule has 1 aliphatic rings. The molecule has 1 aliphatic carbocycles. The van der Waals surface area contributed by atoms with Gasteiger partial charge < -0.3 is 5.11 Å². The maximum Gasteiger partial charge on any atom is 0.193 e. The molecule has 0 aromatic heterocycles. The van der Waals surface area contributed by atoms with E-state index in [9.17, 15) is 9.90 Å². The van der Waals surface area contributed by atoms with E-state index in [2.05, 4.69) is 0 Å². The quantitative estimate of drug-likeness (QED) is 0.659. The molecule has 0 saturated heterocycles. The number of aliphatic hydroxyl groups excluding tert-OH is 1. The molecule has 0 radical (unpaired) electrons. The predicted octanol–water partition coefficient (Wildman–Crippen LogP) is 1.44. The van der Waals surface area contributed by atoms with Crippen molar-refractivity contribution in [2.45, 2.75) is 12.5 Å². The smallest absolute Gasteiger partial charge is 0.193 e. The minimum Gasteiger partial charge on any atom is -0.385 e. The normalized spacial score (nSPS) is 21.2. The molecule has 1 unspecified atom stereocenters. The van der Waals surface area contributed by atoms with Crippen LogP contribution in [-0.2, 0) is 6.42 Å². The zero-order valence-electron chi connectivity index (χ0n) is 6.25. The fourth-order valence-corrected chi connectivity index (χ4v) is 1.77. The first kappa shape index (κ1) is 7.77. The number of hydrogen-bond donors (Lipinski definition) is 1.